The second-order valence-corrected chi connectivity index (χ2v) is 9.94. The highest BCUT2D eigenvalue weighted by Crippen LogP contribution is 2.39. The van der Waals surface area contributed by atoms with Crippen LogP contribution in [0.1, 0.15) is 61.8 Å². The maximum absolute atomic E-state index is 12.7. The Morgan fingerprint density at radius 2 is 1.63 bits per heavy atom. The molecule has 0 radical (unpaired) electrons. The number of fused-ring (bicyclic) bond motifs is 1. The lowest BCUT2D eigenvalue weighted by Gasteiger charge is -2.19. The highest BCUT2D eigenvalue weighted by atomic mass is 32.2. The Morgan fingerprint density at radius 1 is 1.03 bits per heavy atom. The molecule has 0 aliphatic carbocycles. The number of carbonyl (C=O) groups excluding carboxylic acids is 1. The molecule has 0 unspecified atom stereocenters. The van der Waals surface area contributed by atoms with Gasteiger partial charge in [-0.1, -0.05) is 27.7 Å². The summed E-state index contributed by atoms with van der Waals surface area (Å²) < 4.78 is 31.1. The Labute approximate surface area is 178 Å². The quantitative estimate of drug-likeness (QED) is 0.647. The number of amides is 1. The van der Waals surface area contributed by atoms with Crippen molar-refractivity contribution in [2.75, 3.05) is 23.4 Å². The molecule has 0 fully saturated rings. The first-order valence-electron chi connectivity index (χ1n) is 9.87. The average Bonchev–Trinajstić information content (AvgIpc) is 2.94. The molecule has 1 aliphatic rings. The molecule has 1 amide bonds. The van der Waals surface area contributed by atoms with Gasteiger partial charge < -0.3 is 10.1 Å². The minimum absolute atomic E-state index is 0.213. The molecule has 0 atom stereocenters. The van der Waals surface area contributed by atoms with Crippen LogP contribution < -0.4 is 14.8 Å². The lowest BCUT2D eigenvalue weighted by Crippen LogP contribution is -2.09. The van der Waals surface area contributed by atoms with Crippen LogP contribution in [0.4, 0.5) is 11.4 Å². The van der Waals surface area contributed by atoms with Gasteiger partial charge in [-0.2, -0.15) is 0 Å². The van der Waals surface area contributed by atoms with Crippen LogP contribution in [-0.2, 0) is 14.8 Å². The highest BCUT2D eigenvalue weighted by Gasteiger charge is 2.25. The van der Waals surface area contributed by atoms with Gasteiger partial charge in [0.1, 0.15) is 5.75 Å². The standard InChI is InChI=1S/C23H28N2O4S/c1-13(2)18-9-15(10-19(14(3)4)22(18)29-5)11-20-17-8-7-16(25-30(6,27)28)12-21(17)24-23(20)26/h7-14,25H,1-6H3,(H,24,26). The van der Waals surface area contributed by atoms with Gasteiger partial charge in [0.05, 0.1) is 24.7 Å². The second-order valence-electron chi connectivity index (χ2n) is 8.19. The molecule has 7 heteroatoms. The summed E-state index contributed by atoms with van der Waals surface area (Å²) in [5.41, 5.74) is 5.41. The van der Waals surface area contributed by atoms with Crippen molar-refractivity contribution in [2.24, 2.45) is 0 Å². The molecule has 2 N–H and O–H groups in total. The van der Waals surface area contributed by atoms with Crippen molar-refractivity contribution in [3.05, 3.63) is 52.6 Å². The van der Waals surface area contributed by atoms with Crippen molar-refractivity contribution in [3.8, 4) is 5.75 Å². The van der Waals surface area contributed by atoms with Crippen LogP contribution in [0.15, 0.2) is 30.3 Å². The van der Waals surface area contributed by atoms with Gasteiger partial charge in [0, 0.05) is 11.1 Å². The monoisotopic (exact) mass is 428 g/mol. The zero-order chi connectivity index (χ0) is 22.2. The lowest BCUT2D eigenvalue weighted by molar-refractivity contribution is -0.110. The fourth-order valence-electron chi connectivity index (χ4n) is 3.66. The number of nitrogens with one attached hydrogen (secondary N) is 2. The zero-order valence-electron chi connectivity index (χ0n) is 18.2. The molecule has 30 heavy (non-hydrogen) atoms. The van der Waals surface area contributed by atoms with Crippen molar-refractivity contribution in [3.63, 3.8) is 0 Å². The number of ether oxygens (including phenoxy) is 1. The van der Waals surface area contributed by atoms with Crippen LogP contribution in [0.2, 0.25) is 0 Å². The summed E-state index contributed by atoms with van der Waals surface area (Å²) in [5.74, 6) is 1.22. The Balaban J connectivity index is 2.09. The fraction of sp³-hybridized carbons (Fsp3) is 0.348. The van der Waals surface area contributed by atoms with E-state index in [0.29, 0.717) is 16.9 Å². The minimum Gasteiger partial charge on any atom is -0.496 e. The number of carbonyl (C=O) groups is 1. The van der Waals surface area contributed by atoms with E-state index in [0.717, 1.165) is 34.3 Å². The van der Waals surface area contributed by atoms with Crippen LogP contribution in [-0.4, -0.2) is 27.7 Å². The summed E-state index contributed by atoms with van der Waals surface area (Å²) >= 11 is 0. The normalized spacial score (nSPS) is 14.9. The van der Waals surface area contributed by atoms with Crippen LogP contribution in [0.5, 0.6) is 5.75 Å². The van der Waals surface area contributed by atoms with Gasteiger partial charge in [0.15, 0.2) is 0 Å². The predicted molar refractivity (Wildman–Crippen MR) is 123 cm³/mol. The topological polar surface area (TPSA) is 84.5 Å². The summed E-state index contributed by atoms with van der Waals surface area (Å²) in [6, 6.07) is 9.16. The Bertz CT molecular complexity index is 1100. The maximum Gasteiger partial charge on any atom is 0.256 e. The van der Waals surface area contributed by atoms with E-state index in [-0.39, 0.29) is 17.7 Å². The Hall–Kier alpha value is -2.80. The third kappa shape index (κ3) is 4.51. The van der Waals surface area contributed by atoms with Gasteiger partial charge in [-0.15, -0.1) is 0 Å². The molecule has 1 aliphatic heterocycles. The molecule has 3 rings (SSSR count). The first kappa shape index (κ1) is 21.9. The van der Waals surface area contributed by atoms with Crippen molar-refractivity contribution < 1.29 is 17.9 Å². The van der Waals surface area contributed by atoms with Crippen molar-refractivity contribution in [1.82, 2.24) is 0 Å². The lowest BCUT2D eigenvalue weighted by atomic mass is 9.90. The number of anilines is 2. The van der Waals surface area contributed by atoms with Crippen molar-refractivity contribution in [1.29, 1.82) is 0 Å². The summed E-state index contributed by atoms with van der Waals surface area (Å²) in [6.45, 7) is 8.47. The average molecular weight is 429 g/mol. The molecule has 0 saturated heterocycles. The molecule has 6 nitrogen and oxygen atoms in total. The van der Waals surface area contributed by atoms with Crippen LogP contribution in [0, 0.1) is 0 Å². The van der Waals surface area contributed by atoms with Gasteiger partial charge in [-0.25, -0.2) is 8.42 Å². The molecular weight excluding hydrogens is 400 g/mol. The first-order valence-corrected chi connectivity index (χ1v) is 11.8. The van der Waals surface area contributed by atoms with Gasteiger partial charge >= 0.3 is 0 Å². The van der Waals surface area contributed by atoms with E-state index in [9.17, 15) is 13.2 Å². The van der Waals surface area contributed by atoms with E-state index in [2.05, 4.69) is 49.9 Å². The van der Waals surface area contributed by atoms with Gasteiger partial charge in [0.25, 0.3) is 5.91 Å². The largest absolute Gasteiger partial charge is 0.496 e. The fourth-order valence-corrected chi connectivity index (χ4v) is 4.21. The summed E-state index contributed by atoms with van der Waals surface area (Å²) in [5, 5.41) is 2.82. The van der Waals surface area contributed by atoms with Crippen molar-refractivity contribution >= 4 is 39.0 Å². The molecule has 0 bridgehead atoms. The maximum atomic E-state index is 12.7. The summed E-state index contributed by atoms with van der Waals surface area (Å²) in [4.78, 5) is 12.7. The molecule has 160 valence electrons. The number of hydrogen-bond acceptors (Lipinski definition) is 4. The Kier molecular flexibility index (Phi) is 5.94. The highest BCUT2D eigenvalue weighted by molar-refractivity contribution is 7.92. The summed E-state index contributed by atoms with van der Waals surface area (Å²) in [6.07, 6.45) is 2.97. The second kappa shape index (κ2) is 8.14. The molecule has 0 spiro atoms. The first-order chi connectivity index (χ1) is 14.0. The SMILES string of the molecule is COc1c(C(C)C)cc(C=C2C(=O)Nc3cc(NS(C)(=O)=O)ccc32)cc1C(C)C. The smallest absolute Gasteiger partial charge is 0.256 e. The van der Waals surface area contributed by atoms with Crippen LogP contribution >= 0.6 is 0 Å². The number of sulfonamides is 1. The van der Waals surface area contributed by atoms with E-state index in [1.54, 1.807) is 25.3 Å². The number of hydrogen-bond donors (Lipinski definition) is 2. The molecule has 0 aromatic heterocycles. The van der Waals surface area contributed by atoms with Gasteiger partial charge in [-0.3, -0.25) is 9.52 Å². The predicted octanol–water partition coefficient (Wildman–Crippen LogP) is 4.81. The molecular formula is C23H28N2O4S. The minimum atomic E-state index is -3.39. The molecule has 1 heterocycles. The van der Waals surface area contributed by atoms with E-state index in [1.807, 2.05) is 6.08 Å². The third-order valence-corrected chi connectivity index (χ3v) is 5.64. The molecule has 2 aromatic carbocycles. The van der Waals surface area contributed by atoms with Crippen LogP contribution in [0.25, 0.3) is 11.6 Å². The van der Waals surface area contributed by atoms with Crippen molar-refractivity contribution in [2.45, 2.75) is 39.5 Å². The third-order valence-electron chi connectivity index (χ3n) is 5.03. The van der Waals surface area contributed by atoms with Crippen LogP contribution in [0.3, 0.4) is 0 Å². The number of rotatable bonds is 6. The molecule has 0 saturated carbocycles. The summed E-state index contributed by atoms with van der Waals surface area (Å²) in [7, 11) is -1.70. The van der Waals surface area contributed by atoms with E-state index in [4.69, 9.17) is 4.74 Å². The van der Waals surface area contributed by atoms with Gasteiger partial charge in [0.2, 0.25) is 10.0 Å². The number of benzene rings is 2. The Morgan fingerprint density at radius 3 is 2.13 bits per heavy atom. The van der Waals surface area contributed by atoms with E-state index >= 15 is 0 Å². The van der Waals surface area contributed by atoms with E-state index < -0.39 is 10.0 Å². The van der Waals surface area contributed by atoms with Gasteiger partial charge in [-0.05, 0) is 64.9 Å². The number of methoxy groups -OCH3 is 1. The zero-order valence-corrected chi connectivity index (χ0v) is 19.0. The molecule has 2 aromatic rings. The van der Waals surface area contributed by atoms with E-state index in [1.165, 1.54) is 0 Å².